The van der Waals surface area contributed by atoms with Crippen LogP contribution in [0.2, 0.25) is 0 Å². The topological polar surface area (TPSA) is 52.6 Å². The zero-order chi connectivity index (χ0) is 27.1. The van der Waals surface area contributed by atoms with Crippen molar-refractivity contribution < 1.29 is 56.3 Å². The molecule has 4 nitrogen and oxygen atoms in total. The highest BCUT2D eigenvalue weighted by atomic mass is 32.3. The summed E-state index contributed by atoms with van der Waals surface area (Å²) in [4.78, 5) is 0.0538. The van der Waals surface area contributed by atoms with Gasteiger partial charge >= 0.3 is 33.4 Å². The van der Waals surface area contributed by atoms with Gasteiger partial charge < -0.3 is 4.74 Å². The third-order valence-electron chi connectivity index (χ3n) is 5.46. The minimum Gasteiger partial charge on any atom is -0.493 e. The minimum absolute atomic E-state index is 0.0538. The number of hydrogen-bond acceptors (Lipinski definition) is 4. The van der Waals surface area contributed by atoms with Gasteiger partial charge in [0.2, 0.25) is 0 Å². The molecule has 1 aliphatic rings. The van der Waals surface area contributed by atoms with E-state index in [0.717, 1.165) is 12.8 Å². The van der Waals surface area contributed by atoms with Crippen LogP contribution in [0.1, 0.15) is 43.7 Å². The summed E-state index contributed by atoms with van der Waals surface area (Å²) in [6, 6.07) is 2.73. The van der Waals surface area contributed by atoms with E-state index in [1.165, 1.54) is 12.1 Å². The second-order valence-electron chi connectivity index (χ2n) is 8.20. The molecule has 0 aliphatic carbocycles. The summed E-state index contributed by atoms with van der Waals surface area (Å²) >= 11 is 0. The van der Waals surface area contributed by atoms with Crippen molar-refractivity contribution in [1.29, 1.82) is 0 Å². The molecule has 35 heavy (non-hydrogen) atoms. The van der Waals surface area contributed by atoms with Gasteiger partial charge in [0.15, 0.2) is 0 Å². The highest BCUT2D eigenvalue weighted by Gasteiger charge is 2.86. The second-order valence-corrected chi connectivity index (χ2v) is 13.1. The Morgan fingerprint density at radius 2 is 1.37 bits per heavy atom. The molecule has 0 bridgehead atoms. The van der Waals surface area contributed by atoms with Crippen molar-refractivity contribution in [2.24, 2.45) is 0 Å². The Morgan fingerprint density at radius 1 is 0.886 bits per heavy atom. The molecular weight excluding hydrogens is 539 g/mol. The fraction of sp³-hybridized carbons (Fsp3) is 0.700. The molecule has 2 rings (SSSR count). The van der Waals surface area contributed by atoms with Gasteiger partial charge in [-0.1, -0.05) is 23.7 Å². The van der Waals surface area contributed by atoms with Crippen LogP contribution in [0.15, 0.2) is 17.0 Å². The van der Waals surface area contributed by atoms with E-state index in [0.29, 0.717) is 23.5 Å². The Morgan fingerprint density at radius 3 is 1.80 bits per heavy atom. The van der Waals surface area contributed by atoms with Crippen molar-refractivity contribution in [2.45, 2.75) is 74.6 Å². The lowest BCUT2D eigenvalue weighted by molar-refractivity contribution is -0.382. The van der Waals surface area contributed by atoms with Crippen molar-refractivity contribution in [3.05, 3.63) is 23.3 Å². The highest BCUT2D eigenvalue weighted by molar-refractivity contribution is 8.33. The van der Waals surface area contributed by atoms with Crippen LogP contribution in [-0.2, 0) is 13.7 Å². The number of halogens is 9. The quantitative estimate of drug-likeness (QED) is 0.224. The first kappa shape index (κ1) is 29.9. The first-order chi connectivity index (χ1) is 15.8. The smallest absolute Gasteiger partial charge is 0.460 e. The molecule has 0 spiro atoms. The van der Waals surface area contributed by atoms with Gasteiger partial charge in [-0.3, -0.25) is 0 Å². The zero-order valence-corrected chi connectivity index (χ0v) is 20.6. The van der Waals surface area contributed by atoms with Gasteiger partial charge in [0, 0.05) is 16.4 Å². The van der Waals surface area contributed by atoms with Crippen LogP contribution in [0.3, 0.4) is 0 Å². The van der Waals surface area contributed by atoms with Crippen LogP contribution in [0.25, 0.3) is 0 Å². The van der Waals surface area contributed by atoms with Crippen molar-refractivity contribution in [2.75, 3.05) is 18.1 Å². The second kappa shape index (κ2) is 9.84. The van der Waals surface area contributed by atoms with Crippen LogP contribution in [0.4, 0.5) is 39.5 Å². The van der Waals surface area contributed by atoms with Gasteiger partial charge in [0.1, 0.15) is 5.75 Å². The van der Waals surface area contributed by atoms with E-state index in [2.05, 4.69) is 3.63 Å². The van der Waals surface area contributed by atoms with Crippen molar-refractivity contribution in [3.8, 4) is 5.75 Å². The normalized spacial score (nSPS) is 18.5. The molecule has 0 atom stereocenters. The number of alkyl halides is 9. The third kappa shape index (κ3) is 5.22. The monoisotopic (exact) mass is 564 g/mol. The summed E-state index contributed by atoms with van der Waals surface area (Å²) in [6.45, 7) is 5.43. The molecule has 1 aromatic carbocycles. The van der Waals surface area contributed by atoms with Crippen LogP contribution in [0.5, 0.6) is 5.75 Å². The fourth-order valence-electron chi connectivity index (χ4n) is 3.52. The molecule has 1 heterocycles. The van der Waals surface area contributed by atoms with E-state index in [9.17, 15) is 47.9 Å². The summed E-state index contributed by atoms with van der Waals surface area (Å²) in [5, 5.41) is -6.88. The van der Waals surface area contributed by atoms with Gasteiger partial charge in [-0.25, -0.2) is 3.63 Å². The van der Waals surface area contributed by atoms with Crippen LogP contribution < -0.4 is 4.74 Å². The SMILES string of the molecule is CCCCOc1c(C)cc(S2(OS(=O)(=O)C(F)(F)C(F)(F)C(F)(F)C(F)(F)F)CCCC2)cc1C. The summed E-state index contributed by atoms with van der Waals surface area (Å²) in [5.41, 5.74) is 0.910. The van der Waals surface area contributed by atoms with E-state index in [-0.39, 0.29) is 29.2 Å². The van der Waals surface area contributed by atoms with Gasteiger partial charge in [-0.05, 0) is 56.4 Å². The van der Waals surface area contributed by atoms with E-state index in [1.807, 2.05) is 6.92 Å². The lowest BCUT2D eigenvalue weighted by Gasteiger charge is -2.38. The maximum atomic E-state index is 14.3. The summed E-state index contributed by atoms with van der Waals surface area (Å²) in [5.74, 6) is -14.6. The fourth-order valence-corrected chi connectivity index (χ4v) is 9.33. The third-order valence-corrected chi connectivity index (χ3v) is 11.1. The number of unbranched alkanes of at least 4 members (excludes halogenated alkanes) is 1. The van der Waals surface area contributed by atoms with E-state index >= 15 is 0 Å². The number of ether oxygens (including phenoxy) is 1. The molecule has 0 radical (unpaired) electrons. The Labute approximate surface area is 198 Å². The molecule has 0 saturated carbocycles. The standard InChI is InChI=1S/C20H25F9O4S2/c1-4-5-8-32-16-13(2)11-15(12-14(16)3)34(9-6-7-10-34)33-35(30,31)20(28,29)18(23,24)17(21,22)19(25,26)27/h11-12H,4-10H2,1-3H3. The molecule has 1 aliphatic heterocycles. The average molecular weight is 565 g/mol. The van der Waals surface area contributed by atoms with E-state index in [1.54, 1.807) is 13.8 Å². The molecule has 0 aromatic heterocycles. The first-order valence-corrected chi connectivity index (χ1v) is 13.8. The molecule has 15 heteroatoms. The minimum atomic E-state index is -7.34. The molecule has 1 fully saturated rings. The van der Waals surface area contributed by atoms with Gasteiger partial charge in [0.25, 0.3) is 0 Å². The Balaban J connectivity index is 2.52. The lowest BCUT2D eigenvalue weighted by Crippen LogP contribution is -2.63. The summed E-state index contributed by atoms with van der Waals surface area (Å²) in [7, 11) is -10.3. The predicted octanol–water partition coefficient (Wildman–Crippen LogP) is 7.13. The number of hydrogen-bond donors (Lipinski definition) is 0. The predicted molar refractivity (Wildman–Crippen MR) is 112 cm³/mol. The van der Waals surface area contributed by atoms with Crippen LogP contribution >= 0.6 is 10.3 Å². The Bertz CT molecular complexity index is 995. The largest absolute Gasteiger partial charge is 0.493 e. The Kier molecular flexibility index (Phi) is 8.40. The lowest BCUT2D eigenvalue weighted by atomic mass is 10.1. The maximum Gasteiger partial charge on any atom is 0.460 e. The Hall–Kier alpha value is -1.35. The van der Waals surface area contributed by atoms with Crippen molar-refractivity contribution >= 4 is 20.4 Å². The molecule has 1 aromatic rings. The van der Waals surface area contributed by atoms with E-state index in [4.69, 9.17) is 4.74 Å². The number of benzene rings is 1. The molecule has 0 unspecified atom stereocenters. The summed E-state index contributed by atoms with van der Waals surface area (Å²) in [6.07, 6.45) is -5.11. The first-order valence-electron chi connectivity index (χ1n) is 10.5. The molecule has 1 saturated heterocycles. The van der Waals surface area contributed by atoms with Crippen LogP contribution in [-0.4, -0.2) is 49.8 Å². The van der Waals surface area contributed by atoms with Crippen molar-refractivity contribution in [3.63, 3.8) is 0 Å². The molecule has 204 valence electrons. The van der Waals surface area contributed by atoms with Gasteiger partial charge in [-0.15, -0.1) is 0 Å². The summed E-state index contributed by atoms with van der Waals surface area (Å²) < 4.78 is 155. The van der Waals surface area contributed by atoms with Gasteiger partial charge in [-0.2, -0.15) is 47.9 Å². The van der Waals surface area contributed by atoms with Gasteiger partial charge in [0.05, 0.1) is 6.61 Å². The number of rotatable bonds is 10. The van der Waals surface area contributed by atoms with E-state index < -0.39 is 43.7 Å². The maximum absolute atomic E-state index is 14.3. The van der Waals surface area contributed by atoms with Crippen molar-refractivity contribution in [1.82, 2.24) is 0 Å². The molecule has 0 amide bonds. The average Bonchev–Trinajstić information content (AvgIpc) is 3.17. The number of aryl methyl sites for hydroxylation is 2. The molecule has 0 N–H and O–H groups in total. The molecular formula is C20H25F9O4S2. The zero-order valence-electron chi connectivity index (χ0n) is 19.0. The van der Waals surface area contributed by atoms with Crippen LogP contribution in [0, 0.1) is 13.8 Å². The highest BCUT2D eigenvalue weighted by Crippen LogP contribution is 2.65.